The number of hydrogen-bond acceptors (Lipinski definition) is 5. The third kappa shape index (κ3) is 2.51. The molecule has 1 aromatic rings. The van der Waals surface area contributed by atoms with Crippen LogP contribution in [0.1, 0.15) is 12.5 Å². The number of benzene rings is 1. The van der Waals surface area contributed by atoms with Gasteiger partial charge >= 0.3 is 0 Å². The van der Waals surface area contributed by atoms with Gasteiger partial charge in [0.2, 0.25) is 5.37 Å². The molecule has 0 amide bonds. The van der Waals surface area contributed by atoms with E-state index in [0.29, 0.717) is 19.0 Å². The smallest absolute Gasteiger partial charge is 0.215 e. The monoisotopic (exact) mass is 392 g/mol. The molecule has 0 saturated carbocycles. The Hall–Kier alpha value is -1.31. The molecule has 7 heteroatoms. The van der Waals surface area contributed by atoms with E-state index < -0.39 is 11.2 Å². The molecule has 0 fully saturated rings. The quantitative estimate of drug-likeness (QED) is 0.572. The highest BCUT2D eigenvalue weighted by Crippen LogP contribution is 2.32. The molecule has 0 N–H and O–H groups in total. The van der Waals surface area contributed by atoms with Crippen LogP contribution in [0.2, 0.25) is 0 Å². The summed E-state index contributed by atoms with van der Waals surface area (Å²) < 4.78 is 13.5. The third-order valence-corrected chi connectivity index (χ3v) is 6.55. The lowest BCUT2D eigenvalue weighted by molar-refractivity contribution is 0.243. The van der Waals surface area contributed by atoms with Gasteiger partial charge in [0.1, 0.15) is 18.1 Å². The largest absolute Gasteiger partial charge is 0.614 e. The van der Waals surface area contributed by atoms with Crippen LogP contribution in [0.5, 0.6) is 0 Å². The van der Waals surface area contributed by atoms with Crippen molar-refractivity contribution in [3.05, 3.63) is 46.0 Å². The van der Waals surface area contributed by atoms with Crippen LogP contribution in [-0.2, 0) is 11.2 Å². The van der Waals surface area contributed by atoms with Crippen LogP contribution in [0, 0.1) is 0 Å². The summed E-state index contributed by atoms with van der Waals surface area (Å²) in [6, 6.07) is 8.05. The molecular weight excluding hydrogens is 376 g/mol. The Morgan fingerprint density at radius 1 is 1.39 bits per heavy atom. The SMILES string of the molecule is CCN1CN2C(=N1)C(c1ccccc1Br)=NCC1=CC[S+]([O-])C12. The summed E-state index contributed by atoms with van der Waals surface area (Å²) in [5.74, 6) is 1.46. The molecule has 0 aliphatic carbocycles. The Bertz CT molecular complexity index is 733. The number of hydrogen-bond donors (Lipinski definition) is 0. The van der Waals surface area contributed by atoms with Crippen molar-refractivity contribution in [1.82, 2.24) is 9.91 Å². The highest BCUT2D eigenvalue weighted by atomic mass is 79.9. The zero-order chi connectivity index (χ0) is 16.0. The minimum Gasteiger partial charge on any atom is -0.614 e. The van der Waals surface area contributed by atoms with Crippen LogP contribution in [0.15, 0.2) is 50.5 Å². The lowest BCUT2D eigenvalue weighted by Gasteiger charge is -2.28. The Kier molecular flexibility index (Phi) is 3.95. The lowest BCUT2D eigenvalue weighted by atomic mass is 10.1. The second-order valence-electron chi connectivity index (χ2n) is 5.68. The fourth-order valence-corrected chi connectivity index (χ4v) is 5.13. The Morgan fingerprint density at radius 3 is 3.00 bits per heavy atom. The highest BCUT2D eigenvalue weighted by Gasteiger charge is 2.44. The van der Waals surface area contributed by atoms with Crippen LogP contribution in [0.3, 0.4) is 0 Å². The van der Waals surface area contributed by atoms with E-state index in [9.17, 15) is 4.55 Å². The van der Waals surface area contributed by atoms with Gasteiger partial charge in [-0.2, -0.15) is 5.10 Å². The van der Waals surface area contributed by atoms with Crippen molar-refractivity contribution in [1.29, 1.82) is 0 Å². The van der Waals surface area contributed by atoms with Crippen LogP contribution < -0.4 is 0 Å². The van der Waals surface area contributed by atoms with Crippen LogP contribution in [-0.4, -0.2) is 56.9 Å². The van der Waals surface area contributed by atoms with Gasteiger partial charge in [-0.3, -0.25) is 14.9 Å². The number of hydrazone groups is 1. The van der Waals surface area contributed by atoms with Gasteiger partial charge in [0.25, 0.3) is 0 Å². The van der Waals surface area contributed by atoms with Gasteiger partial charge in [-0.05, 0) is 30.2 Å². The molecule has 23 heavy (non-hydrogen) atoms. The predicted molar refractivity (Wildman–Crippen MR) is 96.9 cm³/mol. The van der Waals surface area contributed by atoms with E-state index in [1.54, 1.807) is 0 Å². The molecule has 3 aliphatic heterocycles. The first-order valence-electron chi connectivity index (χ1n) is 7.65. The van der Waals surface area contributed by atoms with Crippen molar-refractivity contribution in [2.24, 2.45) is 10.1 Å². The Morgan fingerprint density at radius 2 is 2.22 bits per heavy atom. The predicted octanol–water partition coefficient (Wildman–Crippen LogP) is 2.18. The fraction of sp³-hybridized carbons (Fsp3) is 0.375. The van der Waals surface area contributed by atoms with Gasteiger partial charge in [-0.25, -0.2) is 0 Å². The number of fused-ring (bicyclic) bond motifs is 3. The number of amidine groups is 1. The van der Waals surface area contributed by atoms with E-state index in [4.69, 9.17) is 10.1 Å². The molecule has 5 nitrogen and oxygen atoms in total. The van der Waals surface area contributed by atoms with E-state index in [0.717, 1.165) is 33.7 Å². The minimum absolute atomic E-state index is 0.0889. The van der Waals surface area contributed by atoms with Crippen LogP contribution in [0.4, 0.5) is 0 Å². The van der Waals surface area contributed by atoms with E-state index in [-0.39, 0.29) is 5.37 Å². The van der Waals surface area contributed by atoms with Crippen LogP contribution >= 0.6 is 15.9 Å². The number of rotatable bonds is 2. The fourth-order valence-electron chi connectivity index (χ4n) is 3.14. The second kappa shape index (κ2) is 5.96. The third-order valence-electron chi connectivity index (χ3n) is 4.31. The normalized spacial score (nSPS) is 26.3. The molecule has 1 aromatic carbocycles. The molecule has 120 valence electrons. The van der Waals surface area contributed by atoms with Crippen molar-refractivity contribution in [3.8, 4) is 0 Å². The van der Waals surface area contributed by atoms with Crippen molar-refractivity contribution in [2.75, 3.05) is 25.5 Å². The molecule has 0 saturated heterocycles. The van der Waals surface area contributed by atoms with E-state index >= 15 is 0 Å². The summed E-state index contributed by atoms with van der Waals surface area (Å²) in [6.07, 6.45) is 2.08. The van der Waals surface area contributed by atoms with E-state index in [2.05, 4.69) is 33.8 Å². The standard InChI is InChI=1S/C16H17BrN4OS/c1-2-20-10-21-15(19-20)14(12-5-3-4-6-13(12)17)18-9-11-7-8-23(22)16(11)21/h3-7,16H,2,8-10H2,1H3. The molecule has 0 bridgehead atoms. The number of nitrogens with zero attached hydrogens (tertiary/aromatic N) is 4. The number of halogens is 1. The van der Waals surface area contributed by atoms with Gasteiger partial charge in [-0.1, -0.05) is 34.1 Å². The highest BCUT2D eigenvalue weighted by molar-refractivity contribution is 9.10. The summed E-state index contributed by atoms with van der Waals surface area (Å²) in [4.78, 5) is 6.98. The topological polar surface area (TPSA) is 54.3 Å². The van der Waals surface area contributed by atoms with Crippen molar-refractivity contribution < 1.29 is 4.55 Å². The summed E-state index contributed by atoms with van der Waals surface area (Å²) in [6.45, 7) is 4.16. The van der Waals surface area contributed by atoms with Gasteiger partial charge < -0.3 is 4.55 Å². The van der Waals surface area contributed by atoms with Gasteiger partial charge in [0.05, 0.1) is 6.54 Å². The molecule has 2 unspecified atom stereocenters. The van der Waals surface area contributed by atoms with Crippen molar-refractivity contribution >= 4 is 38.7 Å². The maximum atomic E-state index is 12.5. The van der Waals surface area contributed by atoms with Gasteiger partial charge in [-0.15, -0.1) is 0 Å². The average molecular weight is 393 g/mol. The average Bonchev–Trinajstić information content (AvgIpc) is 3.09. The molecule has 3 aliphatic rings. The zero-order valence-electron chi connectivity index (χ0n) is 12.8. The molecule has 4 rings (SSSR count). The van der Waals surface area contributed by atoms with Crippen LogP contribution in [0.25, 0.3) is 0 Å². The molecule has 0 radical (unpaired) electrons. The molecule has 0 spiro atoms. The maximum absolute atomic E-state index is 12.5. The molecule has 2 atom stereocenters. The molecule has 3 heterocycles. The van der Waals surface area contributed by atoms with Gasteiger partial charge in [0, 0.05) is 22.2 Å². The summed E-state index contributed by atoms with van der Waals surface area (Å²) in [5.41, 5.74) is 3.05. The van der Waals surface area contributed by atoms with E-state index in [1.807, 2.05) is 29.3 Å². The molecule has 0 aromatic heterocycles. The first kappa shape index (κ1) is 15.2. The van der Waals surface area contributed by atoms with Crippen molar-refractivity contribution in [3.63, 3.8) is 0 Å². The lowest BCUT2D eigenvalue weighted by Crippen LogP contribution is -2.45. The minimum atomic E-state index is -0.914. The van der Waals surface area contributed by atoms with Crippen molar-refractivity contribution in [2.45, 2.75) is 12.3 Å². The second-order valence-corrected chi connectivity index (χ2v) is 8.08. The summed E-state index contributed by atoms with van der Waals surface area (Å²) >= 11 is 2.70. The summed E-state index contributed by atoms with van der Waals surface area (Å²) in [5, 5.41) is 6.66. The Labute approximate surface area is 147 Å². The van der Waals surface area contributed by atoms with Gasteiger partial charge in [0.15, 0.2) is 5.84 Å². The molecular formula is C16H17BrN4OS. The Balaban J connectivity index is 1.83. The first-order valence-corrected chi connectivity index (χ1v) is 9.82. The first-order chi connectivity index (χ1) is 11.2. The maximum Gasteiger partial charge on any atom is 0.215 e. The summed E-state index contributed by atoms with van der Waals surface area (Å²) in [7, 11) is 0. The number of aliphatic imine (C=N–C) groups is 1. The zero-order valence-corrected chi connectivity index (χ0v) is 15.2. The van der Waals surface area contributed by atoms with E-state index in [1.165, 1.54) is 0 Å².